The van der Waals surface area contributed by atoms with Crippen LogP contribution in [0.1, 0.15) is 34.1 Å². The van der Waals surface area contributed by atoms with Crippen molar-refractivity contribution in [3.8, 4) is 0 Å². The molecule has 1 N–H and O–H groups in total. The van der Waals surface area contributed by atoms with Crippen LogP contribution >= 0.6 is 11.8 Å². The summed E-state index contributed by atoms with van der Waals surface area (Å²) in [4.78, 5) is 11.5. The third-order valence-electron chi connectivity index (χ3n) is 3.21. The molecular weight excluding hydrogens is 354 g/mol. The van der Waals surface area contributed by atoms with E-state index in [0.717, 1.165) is 18.8 Å². The van der Waals surface area contributed by atoms with Gasteiger partial charge in [0.05, 0.1) is 52.0 Å². The van der Waals surface area contributed by atoms with Crippen LogP contribution in [0.5, 0.6) is 0 Å². The summed E-state index contributed by atoms with van der Waals surface area (Å²) in [7, 11) is 0. The normalized spacial score (nSPS) is 11.5. The molecular formula is C19H39NO5S. The number of rotatable bonds is 19. The molecule has 1 amide bonds. The molecule has 0 unspecified atom stereocenters. The van der Waals surface area contributed by atoms with Crippen LogP contribution < -0.4 is 5.32 Å². The van der Waals surface area contributed by atoms with Gasteiger partial charge in [-0.1, -0.05) is 27.7 Å². The van der Waals surface area contributed by atoms with Gasteiger partial charge in [0.25, 0.3) is 0 Å². The predicted octanol–water partition coefficient (Wildman–Crippen LogP) is 2.60. The first-order chi connectivity index (χ1) is 12.5. The monoisotopic (exact) mass is 393 g/mol. The van der Waals surface area contributed by atoms with Crippen LogP contribution in [-0.4, -0.2) is 76.8 Å². The van der Waals surface area contributed by atoms with E-state index in [1.165, 1.54) is 0 Å². The second-order valence-electron chi connectivity index (χ2n) is 6.89. The third-order valence-corrected chi connectivity index (χ3v) is 4.58. The topological polar surface area (TPSA) is 66.0 Å². The van der Waals surface area contributed by atoms with Crippen molar-refractivity contribution < 1.29 is 23.7 Å². The lowest BCUT2D eigenvalue weighted by atomic mass is 10.1. The van der Waals surface area contributed by atoms with Crippen LogP contribution in [0, 0.1) is 11.8 Å². The Morgan fingerprint density at radius 2 is 1.27 bits per heavy atom. The Labute approximate surface area is 164 Å². The number of ether oxygens (including phenoxy) is 4. The van der Waals surface area contributed by atoms with Gasteiger partial charge in [-0.2, -0.15) is 11.8 Å². The highest BCUT2D eigenvalue weighted by Gasteiger charge is 2.02. The van der Waals surface area contributed by atoms with Gasteiger partial charge in [-0.15, -0.1) is 0 Å². The Balaban J connectivity index is 3.12. The predicted molar refractivity (Wildman–Crippen MR) is 108 cm³/mol. The van der Waals surface area contributed by atoms with Crippen molar-refractivity contribution in [2.45, 2.75) is 34.1 Å². The molecule has 0 heterocycles. The van der Waals surface area contributed by atoms with Crippen molar-refractivity contribution in [1.82, 2.24) is 5.32 Å². The zero-order chi connectivity index (χ0) is 19.5. The first-order valence-electron chi connectivity index (χ1n) is 9.67. The number of amides is 1. The van der Waals surface area contributed by atoms with E-state index >= 15 is 0 Å². The zero-order valence-electron chi connectivity index (χ0n) is 17.1. The number of thioether (sulfide) groups is 1. The van der Waals surface area contributed by atoms with Gasteiger partial charge in [-0.3, -0.25) is 4.79 Å². The Morgan fingerprint density at radius 1 is 0.769 bits per heavy atom. The highest BCUT2D eigenvalue weighted by atomic mass is 32.2. The van der Waals surface area contributed by atoms with E-state index in [9.17, 15) is 4.79 Å². The van der Waals surface area contributed by atoms with Gasteiger partial charge in [0.1, 0.15) is 0 Å². The van der Waals surface area contributed by atoms with Crippen LogP contribution in [0.4, 0.5) is 0 Å². The largest absolute Gasteiger partial charge is 0.379 e. The van der Waals surface area contributed by atoms with Crippen molar-refractivity contribution in [3.05, 3.63) is 0 Å². The van der Waals surface area contributed by atoms with Gasteiger partial charge >= 0.3 is 0 Å². The van der Waals surface area contributed by atoms with Crippen LogP contribution in [-0.2, 0) is 23.7 Å². The van der Waals surface area contributed by atoms with E-state index in [2.05, 4.69) is 33.0 Å². The number of carbonyl (C=O) groups is 1. The fourth-order valence-corrected chi connectivity index (χ4v) is 2.66. The summed E-state index contributed by atoms with van der Waals surface area (Å²) in [6, 6.07) is 0. The van der Waals surface area contributed by atoms with E-state index in [0.29, 0.717) is 70.4 Å². The number of nitrogens with one attached hydrogen (secondary N) is 1. The molecule has 0 radical (unpaired) electrons. The molecule has 0 aromatic carbocycles. The molecule has 0 aliphatic rings. The maximum atomic E-state index is 11.5. The first-order valence-corrected chi connectivity index (χ1v) is 10.8. The maximum Gasteiger partial charge on any atom is 0.230 e. The Kier molecular flexibility index (Phi) is 19.2. The first kappa shape index (κ1) is 25.7. The summed E-state index contributed by atoms with van der Waals surface area (Å²) < 4.78 is 21.7. The minimum Gasteiger partial charge on any atom is -0.379 e. The van der Waals surface area contributed by atoms with Crippen LogP contribution in [0.15, 0.2) is 0 Å². The molecule has 0 aromatic rings. The molecule has 0 aromatic heterocycles. The highest BCUT2D eigenvalue weighted by molar-refractivity contribution is 7.99. The number of carbonyl (C=O) groups excluding carboxylic acids is 1. The summed E-state index contributed by atoms with van der Waals surface area (Å²) in [5.41, 5.74) is 0. The standard InChI is InChI=1S/C19H39NO5S/c1-17(2)5-7-22-9-11-24-13-14-25-12-10-23-8-6-20-19(21)16-26-15-18(3)4/h17-18H,5-16H2,1-4H3,(H,20,21). The second-order valence-corrected chi connectivity index (χ2v) is 7.92. The maximum absolute atomic E-state index is 11.5. The fourth-order valence-electron chi connectivity index (χ4n) is 1.78. The van der Waals surface area contributed by atoms with E-state index in [4.69, 9.17) is 18.9 Å². The quantitative estimate of drug-likeness (QED) is 0.340. The summed E-state index contributed by atoms with van der Waals surface area (Å²) in [5.74, 6) is 2.89. The van der Waals surface area contributed by atoms with Crippen molar-refractivity contribution in [1.29, 1.82) is 0 Å². The Hall–Kier alpha value is -0.340. The molecule has 0 aliphatic carbocycles. The molecule has 0 saturated carbocycles. The lowest BCUT2D eigenvalue weighted by molar-refractivity contribution is -0.118. The van der Waals surface area contributed by atoms with Crippen molar-refractivity contribution in [3.63, 3.8) is 0 Å². The van der Waals surface area contributed by atoms with Crippen molar-refractivity contribution in [2.75, 3.05) is 70.9 Å². The Bertz CT molecular complexity index is 316. The number of hydrogen-bond acceptors (Lipinski definition) is 6. The van der Waals surface area contributed by atoms with Crippen LogP contribution in [0.2, 0.25) is 0 Å². The molecule has 6 nitrogen and oxygen atoms in total. The lowest BCUT2D eigenvalue weighted by Crippen LogP contribution is -2.29. The molecule has 156 valence electrons. The average Bonchev–Trinajstić information content (AvgIpc) is 2.57. The highest BCUT2D eigenvalue weighted by Crippen LogP contribution is 2.06. The van der Waals surface area contributed by atoms with Gasteiger partial charge in [-0.05, 0) is 24.0 Å². The summed E-state index contributed by atoms with van der Waals surface area (Å²) in [6.45, 7) is 13.9. The summed E-state index contributed by atoms with van der Waals surface area (Å²) in [5, 5.41) is 2.84. The van der Waals surface area contributed by atoms with Crippen LogP contribution in [0.3, 0.4) is 0 Å². The van der Waals surface area contributed by atoms with E-state index in [1.54, 1.807) is 11.8 Å². The molecule has 0 spiro atoms. The van der Waals surface area contributed by atoms with Crippen LogP contribution in [0.25, 0.3) is 0 Å². The van der Waals surface area contributed by atoms with Crippen molar-refractivity contribution >= 4 is 17.7 Å². The van der Waals surface area contributed by atoms with Gasteiger partial charge in [0.15, 0.2) is 0 Å². The van der Waals surface area contributed by atoms with Gasteiger partial charge in [-0.25, -0.2) is 0 Å². The third kappa shape index (κ3) is 21.7. The van der Waals surface area contributed by atoms with E-state index in [1.807, 2.05) is 0 Å². The minimum atomic E-state index is 0.0702. The summed E-state index contributed by atoms with van der Waals surface area (Å²) >= 11 is 1.66. The second kappa shape index (κ2) is 19.4. The molecule has 0 aliphatic heterocycles. The molecule has 0 rings (SSSR count). The summed E-state index contributed by atoms with van der Waals surface area (Å²) in [6.07, 6.45) is 1.09. The number of hydrogen-bond donors (Lipinski definition) is 1. The molecule has 26 heavy (non-hydrogen) atoms. The Morgan fingerprint density at radius 3 is 1.77 bits per heavy atom. The van der Waals surface area contributed by atoms with Gasteiger partial charge in [0.2, 0.25) is 5.91 Å². The smallest absolute Gasteiger partial charge is 0.230 e. The fraction of sp³-hybridized carbons (Fsp3) is 0.947. The molecule has 0 atom stereocenters. The van der Waals surface area contributed by atoms with E-state index < -0.39 is 0 Å². The molecule has 0 bridgehead atoms. The average molecular weight is 394 g/mol. The van der Waals surface area contributed by atoms with Gasteiger partial charge in [0, 0.05) is 13.2 Å². The molecule has 0 fully saturated rings. The molecule has 7 heteroatoms. The van der Waals surface area contributed by atoms with Gasteiger partial charge < -0.3 is 24.3 Å². The van der Waals surface area contributed by atoms with E-state index in [-0.39, 0.29) is 5.91 Å². The SMILES string of the molecule is CC(C)CCOCCOCCOCCOCCNC(=O)CSCC(C)C. The lowest BCUT2D eigenvalue weighted by Gasteiger charge is -2.09. The van der Waals surface area contributed by atoms with Crippen molar-refractivity contribution in [2.24, 2.45) is 11.8 Å². The minimum absolute atomic E-state index is 0.0702. The zero-order valence-corrected chi connectivity index (χ0v) is 17.9. The molecule has 0 saturated heterocycles.